The summed E-state index contributed by atoms with van der Waals surface area (Å²) in [5.74, 6) is 0.901. The number of allylic oxidation sites excluding steroid dienone is 1. The molecule has 0 aromatic heterocycles. The van der Waals surface area contributed by atoms with Crippen LogP contribution in [0.3, 0.4) is 0 Å². The molecule has 0 amide bonds. The lowest BCUT2D eigenvalue weighted by atomic mass is 9.71. The Morgan fingerprint density at radius 3 is 2.48 bits per heavy atom. The molecule has 0 bridgehead atoms. The van der Waals surface area contributed by atoms with Crippen LogP contribution < -0.4 is 0 Å². The standard InChI is InChI=1S/C21H32/c1-16(2)6-7-18-8-9-20(17(3)14-18)15-19-10-12-21(4,5)13-11-19/h8-9,14,19H,1,6-7,10-13,15H2,2-5H3. The molecule has 0 aliphatic heterocycles. The summed E-state index contributed by atoms with van der Waals surface area (Å²) < 4.78 is 0. The molecular formula is C21H32. The van der Waals surface area contributed by atoms with Gasteiger partial charge in [0.1, 0.15) is 0 Å². The van der Waals surface area contributed by atoms with Crippen molar-refractivity contribution in [2.45, 2.75) is 72.6 Å². The summed E-state index contributed by atoms with van der Waals surface area (Å²) in [5, 5.41) is 0. The first-order valence-corrected chi connectivity index (χ1v) is 8.58. The average Bonchev–Trinajstić information content (AvgIpc) is 2.41. The normalized spacial score (nSPS) is 18.7. The van der Waals surface area contributed by atoms with Crippen molar-refractivity contribution >= 4 is 0 Å². The summed E-state index contributed by atoms with van der Waals surface area (Å²) in [6.45, 7) is 13.2. The first-order valence-electron chi connectivity index (χ1n) is 8.58. The minimum absolute atomic E-state index is 0.581. The van der Waals surface area contributed by atoms with Gasteiger partial charge in [-0.2, -0.15) is 0 Å². The third-order valence-corrected chi connectivity index (χ3v) is 5.21. The molecule has 0 unspecified atom stereocenters. The van der Waals surface area contributed by atoms with Crippen molar-refractivity contribution in [2.75, 3.05) is 0 Å². The zero-order valence-corrected chi connectivity index (χ0v) is 14.5. The van der Waals surface area contributed by atoms with E-state index in [2.05, 4.69) is 52.5 Å². The Balaban J connectivity index is 1.93. The van der Waals surface area contributed by atoms with E-state index in [0.717, 1.165) is 18.8 Å². The molecule has 0 atom stereocenters. The van der Waals surface area contributed by atoms with Crippen molar-refractivity contribution < 1.29 is 0 Å². The van der Waals surface area contributed by atoms with E-state index in [1.807, 2.05) is 0 Å². The van der Waals surface area contributed by atoms with Gasteiger partial charge in [0.25, 0.3) is 0 Å². The van der Waals surface area contributed by atoms with Crippen LogP contribution >= 0.6 is 0 Å². The van der Waals surface area contributed by atoms with Crippen LogP contribution in [0.25, 0.3) is 0 Å². The Bertz CT molecular complexity index is 483. The van der Waals surface area contributed by atoms with E-state index in [0.29, 0.717) is 5.41 Å². The van der Waals surface area contributed by atoms with Crippen molar-refractivity contribution in [3.8, 4) is 0 Å². The first-order chi connectivity index (χ1) is 9.85. The van der Waals surface area contributed by atoms with Crippen LogP contribution in [0.4, 0.5) is 0 Å². The molecule has 21 heavy (non-hydrogen) atoms. The Kier molecular flexibility index (Phi) is 5.30. The molecule has 1 aromatic rings. The molecule has 1 aliphatic carbocycles. The van der Waals surface area contributed by atoms with Crippen LogP contribution in [0, 0.1) is 18.3 Å². The quantitative estimate of drug-likeness (QED) is 0.559. The van der Waals surface area contributed by atoms with Crippen molar-refractivity contribution in [2.24, 2.45) is 11.3 Å². The highest BCUT2D eigenvalue weighted by molar-refractivity contribution is 5.32. The van der Waals surface area contributed by atoms with Crippen LogP contribution in [0.2, 0.25) is 0 Å². The molecule has 2 rings (SSSR count). The van der Waals surface area contributed by atoms with E-state index in [-0.39, 0.29) is 0 Å². The van der Waals surface area contributed by atoms with Gasteiger partial charge in [0.05, 0.1) is 0 Å². The highest BCUT2D eigenvalue weighted by Crippen LogP contribution is 2.39. The van der Waals surface area contributed by atoms with Crippen molar-refractivity contribution in [3.05, 3.63) is 47.0 Å². The maximum Gasteiger partial charge on any atom is -0.0242 e. The molecule has 0 N–H and O–H groups in total. The Morgan fingerprint density at radius 2 is 1.90 bits per heavy atom. The molecule has 116 valence electrons. The summed E-state index contributed by atoms with van der Waals surface area (Å²) in [6.07, 6.45) is 9.13. The molecule has 0 nitrogen and oxygen atoms in total. The highest BCUT2D eigenvalue weighted by Gasteiger charge is 2.26. The van der Waals surface area contributed by atoms with E-state index in [4.69, 9.17) is 0 Å². The SMILES string of the molecule is C=C(C)CCc1ccc(CC2CCC(C)(C)CC2)c(C)c1. The molecule has 1 saturated carbocycles. The predicted molar refractivity (Wildman–Crippen MR) is 93.8 cm³/mol. The van der Waals surface area contributed by atoms with Gasteiger partial charge >= 0.3 is 0 Å². The molecule has 0 spiro atoms. The molecular weight excluding hydrogens is 252 g/mol. The molecule has 1 aromatic carbocycles. The van der Waals surface area contributed by atoms with E-state index >= 15 is 0 Å². The van der Waals surface area contributed by atoms with Crippen molar-refractivity contribution in [3.63, 3.8) is 0 Å². The second-order valence-electron chi connectivity index (χ2n) is 8.03. The topological polar surface area (TPSA) is 0 Å². The fourth-order valence-corrected chi connectivity index (χ4v) is 3.47. The highest BCUT2D eigenvalue weighted by atomic mass is 14.3. The number of hydrogen-bond donors (Lipinski definition) is 0. The van der Waals surface area contributed by atoms with Gasteiger partial charge in [0, 0.05) is 0 Å². The Labute approximate surface area is 131 Å². The van der Waals surface area contributed by atoms with Crippen LogP contribution in [0.15, 0.2) is 30.4 Å². The zero-order valence-electron chi connectivity index (χ0n) is 14.5. The number of benzene rings is 1. The maximum absolute atomic E-state index is 4.00. The van der Waals surface area contributed by atoms with E-state index < -0.39 is 0 Å². The van der Waals surface area contributed by atoms with Crippen LogP contribution in [0.5, 0.6) is 0 Å². The summed E-state index contributed by atoms with van der Waals surface area (Å²) >= 11 is 0. The fourth-order valence-electron chi connectivity index (χ4n) is 3.47. The van der Waals surface area contributed by atoms with Gasteiger partial charge < -0.3 is 0 Å². The van der Waals surface area contributed by atoms with Crippen molar-refractivity contribution in [1.29, 1.82) is 0 Å². The molecule has 0 heteroatoms. The average molecular weight is 284 g/mol. The number of rotatable bonds is 5. The number of aryl methyl sites for hydroxylation is 2. The van der Waals surface area contributed by atoms with E-state index in [9.17, 15) is 0 Å². The second-order valence-corrected chi connectivity index (χ2v) is 8.03. The van der Waals surface area contributed by atoms with Crippen LogP contribution in [0.1, 0.15) is 69.6 Å². The van der Waals surface area contributed by atoms with Gasteiger partial charge in [-0.1, -0.05) is 37.6 Å². The molecule has 1 fully saturated rings. The largest absolute Gasteiger partial charge is 0.100 e. The molecule has 1 aliphatic rings. The van der Waals surface area contributed by atoms with Gasteiger partial charge in [0.2, 0.25) is 0 Å². The lowest BCUT2D eigenvalue weighted by molar-refractivity contribution is 0.191. The van der Waals surface area contributed by atoms with Gasteiger partial charge in [-0.3, -0.25) is 0 Å². The predicted octanol–water partition coefficient (Wildman–Crippen LogP) is 6.26. The maximum atomic E-state index is 4.00. The lowest BCUT2D eigenvalue weighted by Gasteiger charge is -2.34. The fraction of sp³-hybridized carbons (Fsp3) is 0.619. The van der Waals surface area contributed by atoms with Gasteiger partial charge in [-0.15, -0.1) is 6.58 Å². The summed E-state index contributed by atoms with van der Waals surface area (Å²) in [6, 6.07) is 7.10. The lowest BCUT2D eigenvalue weighted by Crippen LogP contribution is -2.22. The smallest absolute Gasteiger partial charge is 0.0242 e. The molecule has 0 radical (unpaired) electrons. The summed E-state index contributed by atoms with van der Waals surface area (Å²) in [7, 11) is 0. The van der Waals surface area contributed by atoms with Gasteiger partial charge in [0.15, 0.2) is 0 Å². The monoisotopic (exact) mass is 284 g/mol. The van der Waals surface area contributed by atoms with Crippen LogP contribution in [-0.2, 0) is 12.8 Å². The Hall–Kier alpha value is -1.04. The van der Waals surface area contributed by atoms with E-state index in [1.165, 1.54) is 48.8 Å². The first kappa shape index (κ1) is 16.3. The number of hydrogen-bond acceptors (Lipinski definition) is 0. The third-order valence-electron chi connectivity index (χ3n) is 5.21. The van der Waals surface area contributed by atoms with Crippen LogP contribution in [-0.4, -0.2) is 0 Å². The minimum atomic E-state index is 0.581. The minimum Gasteiger partial charge on any atom is -0.100 e. The molecule has 0 saturated heterocycles. The van der Waals surface area contributed by atoms with Crippen molar-refractivity contribution in [1.82, 2.24) is 0 Å². The third kappa shape index (κ3) is 5.02. The molecule has 0 heterocycles. The Morgan fingerprint density at radius 1 is 1.24 bits per heavy atom. The second kappa shape index (κ2) is 6.81. The van der Waals surface area contributed by atoms with Gasteiger partial charge in [-0.05, 0) is 86.8 Å². The van der Waals surface area contributed by atoms with E-state index in [1.54, 1.807) is 5.56 Å². The summed E-state index contributed by atoms with van der Waals surface area (Å²) in [5.41, 5.74) is 6.38. The van der Waals surface area contributed by atoms with Gasteiger partial charge in [-0.25, -0.2) is 0 Å². The zero-order chi connectivity index (χ0) is 15.5. The summed E-state index contributed by atoms with van der Waals surface area (Å²) in [4.78, 5) is 0.